The van der Waals surface area contributed by atoms with Crippen molar-refractivity contribution in [3.05, 3.63) is 71.0 Å². The van der Waals surface area contributed by atoms with E-state index in [-0.39, 0.29) is 5.56 Å². The van der Waals surface area contributed by atoms with Gasteiger partial charge in [0, 0.05) is 45.0 Å². The van der Waals surface area contributed by atoms with Crippen molar-refractivity contribution >= 4 is 5.69 Å². The molecule has 1 aromatic heterocycles. The zero-order valence-corrected chi connectivity index (χ0v) is 17.6. The molecule has 0 amide bonds. The van der Waals surface area contributed by atoms with Crippen LogP contribution in [0.15, 0.2) is 65.5 Å². The van der Waals surface area contributed by atoms with E-state index in [1.165, 1.54) is 0 Å². The van der Waals surface area contributed by atoms with Gasteiger partial charge in [0.2, 0.25) is 0 Å². The molecule has 4 rings (SSSR count). The van der Waals surface area contributed by atoms with E-state index in [1.54, 1.807) is 4.68 Å². The smallest absolute Gasteiger partial charge is 0.274 e. The van der Waals surface area contributed by atoms with Crippen molar-refractivity contribution in [1.82, 2.24) is 14.7 Å². The van der Waals surface area contributed by atoms with Crippen molar-refractivity contribution < 1.29 is 4.74 Å². The summed E-state index contributed by atoms with van der Waals surface area (Å²) in [5.74, 6) is 0. The molecular weight excluding hydrogens is 376 g/mol. The van der Waals surface area contributed by atoms with Gasteiger partial charge < -0.3 is 9.64 Å². The maximum absolute atomic E-state index is 13.3. The van der Waals surface area contributed by atoms with Crippen molar-refractivity contribution in [3.63, 3.8) is 0 Å². The van der Waals surface area contributed by atoms with Crippen LogP contribution in [0.25, 0.3) is 22.4 Å². The highest BCUT2D eigenvalue weighted by Gasteiger charge is 2.15. The van der Waals surface area contributed by atoms with Gasteiger partial charge in [-0.25, -0.2) is 4.68 Å². The highest BCUT2D eigenvalue weighted by Crippen LogP contribution is 2.24. The maximum atomic E-state index is 13.3. The summed E-state index contributed by atoms with van der Waals surface area (Å²) >= 11 is 0. The lowest BCUT2D eigenvalue weighted by Gasteiger charge is -2.26. The maximum Gasteiger partial charge on any atom is 0.274 e. The number of morpholine rings is 1. The molecule has 2 heterocycles. The van der Waals surface area contributed by atoms with Crippen LogP contribution in [-0.2, 0) is 11.3 Å². The molecule has 1 saturated heterocycles. The zero-order valence-electron chi connectivity index (χ0n) is 17.6. The van der Waals surface area contributed by atoms with Crippen LogP contribution in [0.3, 0.4) is 0 Å². The van der Waals surface area contributed by atoms with Gasteiger partial charge in [-0.3, -0.25) is 9.69 Å². The third-order valence-electron chi connectivity index (χ3n) is 5.47. The molecule has 0 bridgehead atoms. The van der Waals surface area contributed by atoms with Crippen LogP contribution < -0.4 is 10.5 Å². The van der Waals surface area contributed by atoms with Gasteiger partial charge >= 0.3 is 0 Å². The number of nitrogens with zero attached hydrogens (tertiary/aromatic N) is 4. The first-order valence-corrected chi connectivity index (χ1v) is 10.4. The normalized spacial score (nSPS) is 14.6. The first-order chi connectivity index (χ1) is 14.6. The van der Waals surface area contributed by atoms with E-state index in [0.717, 1.165) is 55.4 Å². The lowest BCUT2D eigenvalue weighted by Crippen LogP contribution is -2.39. The van der Waals surface area contributed by atoms with Gasteiger partial charge in [-0.05, 0) is 23.8 Å². The van der Waals surface area contributed by atoms with Crippen LogP contribution in [0.5, 0.6) is 0 Å². The van der Waals surface area contributed by atoms with Gasteiger partial charge in [0.15, 0.2) is 0 Å². The van der Waals surface area contributed by atoms with Gasteiger partial charge in [-0.2, -0.15) is 5.10 Å². The quantitative estimate of drug-likeness (QED) is 0.632. The molecule has 30 heavy (non-hydrogen) atoms. The zero-order chi connectivity index (χ0) is 20.9. The Bertz CT molecular complexity index is 1020. The molecule has 0 N–H and O–H groups in total. The van der Waals surface area contributed by atoms with Crippen molar-refractivity contribution in [2.45, 2.75) is 6.54 Å². The summed E-state index contributed by atoms with van der Waals surface area (Å²) in [6.07, 6.45) is 0. The molecule has 6 nitrogen and oxygen atoms in total. The minimum absolute atomic E-state index is 0.0551. The van der Waals surface area contributed by atoms with Gasteiger partial charge in [-0.15, -0.1) is 0 Å². The molecule has 0 aliphatic carbocycles. The number of ether oxygens (including phenoxy) is 1. The Balaban J connectivity index is 1.71. The Labute approximate surface area is 177 Å². The van der Waals surface area contributed by atoms with E-state index in [0.29, 0.717) is 12.1 Å². The van der Waals surface area contributed by atoms with E-state index in [1.807, 2.05) is 79.7 Å². The summed E-state index contributed by atoms with van der Waals surface area (Å²) < 4.78 is 7.04. The van der Waals surface area contributed by atoms with Crippen LogP contribution in [0.4, 0.5) is 5.69 Å². The Morgan fingerprint density at radius 3 is 2.30 bits per heavy atom. The fourth-order valence-electron chi connectivity index (χ4n) is 3.65. The fraction of sp³-hybridized carbons (Fsp3) is 0.333. The topological polar surface area (TPSA) is 50.6 Å². The lowest BCUT2D eigenvalue weighted by molar-refractivity contribution is 0.0358. The second-order valence-electron chi connectivity index (χ2n) is 7.73. The fourth-order valence-corrected chi connectivity index (χ4v) is 3.65. The van der Waals surface area contributed by atoms with Gasteiger partial charge in [0.1, 0.15) is 0 Å². The predicted octanol–water partition coefficient (Wildman–Crippen LogP) is 2.98. The molecule has 0 spiro atoms. The number of rotatable bonds is 6. The minimum Gasteiger partial charge on any atom is -0.379 e. The van der Waals surface area contributed by atoms with Crippen LogP contribution in [0.1, 0.15) is 0 Å². The van der Waals surface area contributed by atoms with Crippen molar-refractivity contribution in [3.8, 4) is 22.4 Å². The molecular formula is C24H28N4O2. The third kappa shape index (κ3) is 4.61. The van der Waals surface area contributed by atoms with E-state index in [2.05, 4.69) is 4.90 Å². The molecule has 1 aliphatic rings. The summed E-state index contributed by atoms with van der Waals surface area (Å²) in [6.45, 7) is 4.62. The molecule has 0 atom stereocenters. The summed E-state index contributed by atoms with van der Waals surface area (Å²) in [5.41, 5.74) is 4.44. The van der Waals surface area contributed by atoms with Crippen LogP contribution in [0.2, 0.25) is 0 Å². The van der Waals surface area contributed by atoms with Crippen molar-refractivity contribution in [1.29, 1.82) is 0 Å². The third-order valence-corrected chi connectivity index (χ3v) is 5.47. The SMILES string of the molecule is CN(C)c1ccc(-c2cc(-c3ccccc3)nn(CCN3CCOCC3)c2=O)cc1. The van der Waals surface area contributed by atoms with Crippen molar-refractivity contribution in [2.24, 2.45) is 0 Å². The largest absolute Gasteiger partial charge is 0.379 e. The lowest BCUT2D eigenvalue weighted by atomic mass is 10.0. The molecule has 3 aromatic rings. The molecule has 1 aliphatic heterocycles. The van der Waals surface area contributed by atoms with E-state index in [4.69, 9.17) is 9.84 Å². The van der Waals surface area contributed by atoms with Crippen LogP contribution in [0, 0.1) is 0 Å². The van der Waals surface area contributed by atoms with Crippen molar-refractivity contribution in [2.75, 3.05) is 51.8 Å². The number of anilines is 1. The predicted molar refractivity (Wildman–Crippen MR) is 121 cm³/mol. The van der Waals surface area contributed by atoms with Crippen LogP contribution >= 0.6 is 0 Å². The summed E-state index contributed by atoms with van der Waals surface area (Å²) in [4.78, 5) is 17.7. The average molecular weight is 405 g/mol. The van der Waals surface area contributed by atoms with E-state index < -0.39 is 0 Å². The minimum atomic E-state index is -0.0551. The Kier molecular flexibility index (Phi) is 6.26. The van der Waals surface area contributed by atoms with Gasteiger partial charge in [-0.1, -0.05) is 42.5 Å². The molecule has 0 saturated carbocycles. The standard InChI is InChI=1S/C24H28N4O2/c1-26(2)21-10-8-19(9-11-21)22-18-23(20-6-4-3-5-7-20)25-28(24(22)29)13-12-27-14-16-30-17-15-27/h3-11,18H,12-17H2,1-2H3. The Hall–Kier alpha value is -2.96. The molecule has 6 heteroatoms. The molecule has 2 aromatic carbocycles. The first-order valence-electron chi connectivity index (χ1n) is 10.4. The highest BCUT2D eigenvalue weighted by molar-refractivity contribution is 5.70. The Morgan fingerprint density at radius 1 is 0.933 bits per heavy atom. The number of benzene rings is 2. The monoisotopic (exact) mass is 404 g/mol. The highest BCUT2D eigenvalue weighted by atomic mass is 16.5. The summed E-state index contributed by atoms with van der Waals surface area (Å²) in [5, 5.41) is 4.70. The molecule has 1 fully saturated rings. The summed E-state index contributed by atoms with van der Waals surface area (Å²) in [6, 6.07) is 20.0. The molecule has 0 unspecified atom stereocenters. The molecule has 156 valence electrons. The number of hydrogen-bond acceptors (Lipinski definition) is 5. The summed E-state index contributed by atoms with van der Waals surface area (Å²) in [7, 11) is 4.02. The van der Waals surface area contributed by atoms with Crippen LogP contribution in [-0.4, -0.2) is 61.6 Å². The van der Waals surface area contributed by atoms with E-state index >= 15 is 0 Å². The first kappa shape index (κ1) is 20.3. The molecule has 0 radical (unpaired) electrons. The number of aromatic nitrogens is 2. The Morgan fingerprint density at radius 2 is 1.63 bits per heavy atom. The second kappa shape index (κ2) is 9.24. The van der Waals surface area contributed by atoms with Gasteiger partial charge in [0.25, 0.3) is 5.56 Å². The number of hydrogen-bond donors (Lipinski definition) is 0. The second-order valence-corrected chi connectivity index (χ2v) is 7.73. The van der Waals surface area contributed by atoms with Gasteiger partial charge in [0.05, 0.1) is 31.0 Å². The average Bonchev–Trinajstić information content (AvgIpc) is 2.80. The van der Waals surface area contributed by atoms with E-state index in [9.17, 15) is 4.79 Å².